The minimum absolute atomic E-state index is 0.0907. The predicted molar refractivity (Wildman–Crippen MR) is 94.4 cm³/mol. The Bertz CT molecular complexity index is 910. The molecule has 1 aliphatic rings. The molecule has 1 unspecified atom stereocenters. The molecule has 1 atom stereocenters. The smallest absolute Gasteiger partial charge is 0.289 e. The standard InChI is InChI=1S/C19H19N3O4/c1-24-14-4-5-16-13(9-14)10-17(26-16)19(23)22-8-2-3-15(11-22)25-18-6-7-20-12-21-18/h4-7,9-10,12,15H,2-3,8,11H2,1H3. The predicted octanol–water partition coefficient (Wildman–Crippen LogP) is 2.92. The van der Waals surface area contributed by atoms with Crippen molar-refractivity contribution in [1.29, 1.82) is 0 Å². The summed E-state index contributed by atoms with van der Waals surface area (Å²) in [6.45, 7) is 1.19. The van der Waals surface area contributed by atoms with Crippen LogP contribution in [0.3, 0.4) is 0 Å². The second-order valence-corrected chi connectivity index (χ2v) is 6.20. The lowest BCUT2D eigenvalue weighted by molar-refractivity contribution is 0.0502. The maximum atomic E-state index is 12.8. The van der Waals surface area contributed by atoms with Crippen molar-refractivity contribution in [3.8, 4) is 11.6 Å². The van der Waals surface area contributed by atoms with Crippen LogP contribution in [0.4, 0.5) is 0 Å². The Morgan fingerprint density at radius 1 is 1.31 bits per heavy atom. The second kappa shape index (κ2) is 7.03. The van der Waals surface area contributed by atoms with Gasteiger partial charge in [-0.2, -0.15) is 0 Å². The molecule has 0 aliphatic carbocycles. The molecule has 0 radical (unpaired) electrons. The number of amides is 1. The number of fused-ring (bicyclic) bond motifs is 1. The number of piperidine rings is 1. The Morgan fingerprint density at radius 3 is 3.04 bits per heavy atom. The van der Waals surface area contributed by atoms with Gasteiger partial charge in [0.05, 0.1) is 13.7 Å². The van der Waals surface area contributed by atoms with Crippen molar-refractivity contribution >= 4 is 16.9 Å². The maximum Gasteiger partial charge on any atom is 0.289 e. The maximum absolute atomic E-state index is 12.8. The molecule has 0 bridgehead atoms. The van der Waals surface area contributed by atoms with Crippen LogP contribution in [0, 0.1) is 0 Å². The number of aromatic nitrogens is 2. The van der Waals surface area contributed by atoms with Crippen molar-refractivity contribution in [2.24, 2.45) is 0 Å². The lowest BCUT2D eigenvalue weighted by atomic mass is 10.1. The van der Waals surface area contributed by atoms with Gasteiger partial charge in [-0.1, -0.05) is 0 Å². The van der Waals surface area contributed by atoms with Gasteiger partial charge in [0.15, 0.2) is 5.76 Å². The van der Waals surface area contributed by atoms with Crippen molar-refractivity contribution < 1.29 is 18.7 Å². The number of likely N-dealkylation sites (tertiary alicyclic amines) is 1. The topological polar surface area (TPSA) is 77.7 Å². The number of methoxy groups -OCH3 is 1. The fraction of sp³-hybridized carbons (Fsp3) is 0.316. The normalized spacial score (nSPS) is 17.3. The van der Waals surface area contributed by atoms with E-state index in [0.29, 0.717) is 30.3 Å². The first-order valence-electron chi connectivity index (χ1n) is 8.52. The number of furan rings is 1. The number of hydrogen-bond acceptors (Lipinski definition) is 6. The lowest BCUT2D eigenvalue weighted by Gasteiger charge is -2.32. The molecule has 3 aromatic rings. The lowest BCUT2D eigenvalue weighted by Crippen LogP contribution is -2.44. The number of hydrogen-bond donors (Lipinski definition) is 0. The minimum Gasteiger partial charge on any atom is -0.497 e. The molecule has 3 heterocycles. The summed E-state index contributed by atoms with van der Waals surface area (Å²) in [7, 11) is 1.61. The van der Waals surface area contributed by atoms with Gasteiger partial charge in [-0.25, -0.2) is 9.97 Å². The van der Waals surface area contributed by atoms with Crippen molar-refractivity contribution in [3.05, 3.63) is 48.6 Å². The Balaban J connectivity index is 1.48. The van der Waals surface area contributed by atoms with Crippen molar-refractivity contribution in [2.75, 3.05) is 20.2 Å². The molecule has 7 heteroatoms. The average molecular weight is 353 g/mol. The zero-order valence-corrected chi connectivity index (χ0v) is 14.4. The molecule has 134 valence electrons. The van der Waals surface area contributed by atoms with Gasteiger partial charge >= 0.3 is 0 Å². The molecule has 1 fully saturated rings. The van der Waals surface area contributed by atoms with Gasteiger partial charge in [0, 0.05) is 24.2 Å². The number of ether oxygens (including phenoxy) is 2. The van der Waals surface area contributed by atoms with Crippen LogP contribution < -0.4 is 9.47 Å². The van der Waals surface area contributed by atoms with E-state index in [1.807, 2.05) is 18.2 Å². The summed E-state index contributed by atoms with van der Waals surface area (Å²) in [6, 6.07) is 8.95. The number of carbonyl (C=O) groups excluding carboxylic acids is 1. The van der Waals surface area contributed by atoms with Crippen LogP contribution in [0.1, 0.15) is 23.4 Å². The van der Waals surface area contributed by atoms with E-state index >= 15 is 0 Å². The van der Waals surface area contributed by atoms with Crippen LogP contribution in [0.2, 0.25) is 0 Å². The van der Waals surface area contributed by atoms with E-state index in [-0.39, 0.29) is 12.0 Å². The van der Waals surface area contributed by atoms with E-state index < -0.39 is 0 Å². The fourth-order valence-corrected chi connectivity index (χ4v) is 3.15. The first-order valence-corrected chi connectivity index (χ1v) is 8.52. The third-order valence-electron chi connectivity index (χ3n) is 4.44. The highest BCUT2D eigenvalue weighted by Crippen LogP contribution is 2.26. The summed E-state index contributed by atoms with van der Waals surface area (Å²) in [5.41, 5.74) is 0.667. The van der Waals surface area contributed by atoms with Crippen LogP contribution in [0.25, 0.3) is 11.0 Å². The molecule has 7 nitrogen and oxygen atoms in total. The zero-order chi connectivity index (χ0) is 17.9. The van der Waals surface area contributed by atoms with E-state index in [0.717, 1.165) is 24.0 Å². The molecule has 1 saturated heterocycles. The van der Waals surface area contributed by atoms with Crippen LogP contribution in [-0.4, -0.2) is 47.1 Å². The Labute approximate surface area is 150 Å². The van der Waals surface area contributed by atoms with Crippen molar-refractivity contribution in [2.45, 2.75) is 18.9 Å². The van der Waals surface area contributed by atoms with Gasteiger partial charge in [-0.3, -0.25) is 4.79 Å². The molecule has 1 amide bonds. The SMILES string of the molecule is COc1ccc2oc(C(=O)N3CCCC(Oc4ccncn4)C3)cc2c1. The summed E-state index contributed by atoms with van der Waals surface area (Å²) in [6.07, 6.45) is 4.74. The van der Waals surface area contributed by atoms with Gasteiger partial charge < -0.3 is 18.8 Å². The van der Waals surface area contributed by atoms with Crippen LogP contribution >= 0.6 is 0 Å². The average Bonchev–Trinajstić information content (AvgIpc) is 3.11. The second-order valence-electron chi connectivity index (χ2n) is 6.20. The molecule has 0 N–H and O–H groups in total. The first-order chi connectivity index (χ1) is 12.7. The third-order valence-corrected chi connectivity index (χ3v) is 4.44. The molecule has 26 heavy (non-hydrogen) atoms. The van der Waals surface area contributed by atoms with E-state index in [1.54, 1.807) is 30.3 Å². The van der Waals surface area contributed by atoms with Crippen molar-refractivity contribution in [1.82, 2.24) is 14.9 Å². The number of carbonyl (C=O) groups is 1. The quantitative estimate of drug-likeness (QED) is 0.718. The van der Waals surface area contributed by atoms with Gasteiger partial charge in [-0.15, -0.1) is 0 Å². The highest BCUT2D eigenvalue weighted by molar-refractivity contribution is 5.96. The molecule has 0 saturated carbocycles. The van der Waals surface area contributed by atoms with E-state index in [1.165, 1.54) is 6.33 Å². The van der Waals surface area contributed by atoms with E-state index in [4.69, 9.17) is 13.9 Å². The van der Waals surface area contributed by atoms with Crippen LogP contribution in [0.5, 0.6) is 11.6 Å². The summed E-state index contributed by atoms with van der Waals surface area (Å²) >= 11 is 0. The fourth-order valence-electron chi connectivity index (χ4n) is 3.15. The molecule has 0 spiro atoms. The summed E-state index contributed by atoms with van der Waals surface area (Å²) in [5, 5.41) is 0.846. The molecule has 2 aromatic heterocycles. The molecule has 1 aliphatic heterocycles. The number of nitrogens with zero attached hydrogens (tertiary/aromatic N) is 3. The molecular formula is C19H19N3O4. The molecule has 4 rings (SSSR count). The zero-order valence-electron chi connectivity index (χ0n) is 14.4. The van der Waals surface area contributed by atoms with Gasteiger partial charge in [0.2, 0.25) is 5.88 Å². The van der Waals surface area contributed by atoms with Crippen LogP contribution in [0.15, 0.2) is 47.3 Å². The Hall–Kier alpha value is -3.09. The van der Waals surface area contributed by atoms with Gasteiger partial charge in [0.25, 0.3) is 5.91 Å². The Kier molecular flexibility index (Phi) is 4.43. The van der Waals surface area contributed by atoms with E-state index in [2.05, 4.69) is 9.97 Å². The van der Waals surface area contributed by atoms with Gasteiger partial charge in [0.1, 0.15) is 23.8 Å². The number of rotatable bonds is 4. The number of benzene rings is 1. The molecule has 1 aromatic carbocycles. The summed E-state index contributed by atoms with van der Waals surface area (Å²) in [5.74, 6) is 1.45. The van der Waals surface area contributed by atoms with E-state index in [9.17, 15) is 4.79 Å². The monoisotopic (exact) mass is 353 g/mol. The van der Waals surface area contributed by atoms with Crippen molar-refractivity contribution in [3.63, 3.8) is 0 Å². The largest absolute Gasteiger partial charge is 0.497 e. The third kappa shape index (κ3) is 3.33. The van der Waals surface area contributed by atoms with Gasteiger partial charge in [-0.05, 0) is 37.1 Å². The molecular weight excluding hydrogens is 334 g/mol. The first kappa shape index (κ1) is 16.4. The minimum atomic E-state index is -0.129. The van der Waals surface area contributed by atoms with Crippen LogP contribution in [-0.2, 0) is 0 Å². The summed E-state index contributed by atoms with van der Waals surface area (Å²) in [4.78, 5) is 22.6. The Morgan fingerprint density at radius 2 is 2.23 bits per heavy atom. The highest BCUT2D eigenvalue weighted by Gasteiger charge is 2.27. The highest BCUT2D eigenvalue weighted by atomic mass is 16.5. The summed E-state index contributed by atoms with van der Waals surface area (Å²) < 4.78 is 16.8.